The first-order chi connectivity index (χ1) is 7.16. The second-order valence-corrected chi connectivity index (χ2v) is 4.16. The zero-order valence-electron chi connectivity index (χ0n) is 8.75. The summed E-state index contributed by atoms with van der Waals surface area (Å²) >= 11 is 0. The zero-order chi connectivity index (χ0) is 10.9. The van der Waals surface area contributed by atoms with Gasteiger partial charge < -0.3 is 9.47 Å². The monoisotopic (exact) mass is 210 g/mol. The average molecular weight is 210 g/mol. The minimum atomic E-state index is -0.424. The summed E-state index contributed by atoms with van der Waals surface area (Å²) in [5.74, 6) is 0.431. The van der Waals surface area contributed by atoms with Crippen LogP contribution in [0.2, 0.25) is 0 Å². The first kappa shape index (κ1) is 10.2. The van der Waals surface area contributed by atoms with Crippen molar-refractivity contribution < 1.29 is 19.1 Å². The van der Waals surface area contributed by atoms with Crippen LogP contribution in [0.1, 0.15) is 25.7 Å². The van der Waals surface area contributed by atoms with Crippen molar-refractivity contribution in [3.05, 3.63) is 11.8 Å². The first-order valence-electron chi connectivity index (χ1n) is 5.11. The van der Waals surface area contributed by atoms with E-state index in [1.165, 1.54) is 13.2 Å². The summed E-state index contributed by atoms with van der Waals surface area (Å²) in [5.41, 5.74) is -0.333. The lowest BCUT2D eigenvalue weighted by molar-refractivity contribution is -0.135. The Morgan fingerprint density at radius 1 is 1.60 bits per heavy atom. The van der Waals surface area contributed by atoms with Gasteiger partial charge in [0.25, 0.3) is 0 Å². The van der Waals surface area contributed by atoms with Gasteiger partial charge in [-0.25, -0.2) is 4.79 Å². The van der Waals surface area contributed by atoms with Crippen LogP contribution in [0.15, 0.2) is 11.8 Å². The van der Waals surface area contributed by atoms with Crippen molar-refractivity contribution in [1.82, 2.24) is 0 Å². The van der Waals surface area contributed by atoms with Gasteiger partial charge in [-0.15, -0.1) is 0 Å². The van der Waals surface area contributed by atoms with E-state index < -0.39 is 5.97 Å². The molecule has 0 N–H and O–H groups in total. The van der Waals surface area contributed by atoms with Gasteiger partial charge in [0.15, 0.2) is 0 Å². The molecular formula is C11H14O4. The molecular weight excluding hydrogens is 196 g/mol. The van der Waals surface area contributed by atoms with Crippen molar-refractivity contribution in [2.45, 2.75) is 25.7 Å². The van der Waals surface area contributed by atoms with Gasteiger partial charge in [-0.3, -0.25) is 4.79 Å². The SMILES string of the molecule is COC(=O)/C=C1/CC2(CCCC2=O)CO1. The molecule has 1 unspecified atom stereocenters. The van der Waals surface area contributed by atoms with Gasteiger partial charge in [-0.1, -0.05) is 0 Å². The van der Waals surface area contributed by atoms with E-state index in [2.05, 4.69) is 4.74 Å². The molecule has 0 bridgehead atoms. The molecule has 2 rings (SSSR count). The molecule has 82 valence electrons. The molecule has 2 fully saturated rings. The maximum atomic E-state index is 11.7. The fourth-order valence-corrected chi connectivity index (χ4v) is 2.28. The number of esters is 1. The Hall–Kier alpha value is -1.32. The van der Waals surface area contributed by atoms with Gasteiger partial charge in [0.1, 0.15) is 18.1 Å². The van der Waals surface area contributed by atoms with Crippen LogP contribution in [-0.4, -0.2) is 25.5 Å². The molecule has 15 heavy (non-hydrogen) atoms. The maximum absolute atomic E-state index is 11.7. The predicted octanol–water partition coefficient (Wildman–Crippen LogP) is 1.20. The molecule has 1 atom stereocenters. The van der Waals surface area contributed by atoms with Gasteiger partial charge in [0.05, 0.1) is 18.6 Å². The van der Waals surface area contributed by atoms with E-state index in [0.29, 0.717) is 25.2 Å². The van der Waals surface area contributed by atoms with Gasteiger partial charge >= 0.3 is 5.97 Å². The van der Waals surface area contributed by atoms with Crippen molar-refractivity contribution in [1.29, 1.82) is 0 Å². The number of hydrogen-bond acceptors (Lipinski definition) is 4. The maximum Gasteiger partial charge on any atom is 0.333 e. The number of rotatable bonds is 1. The Morgan fingerprint density at radius 3 is 3.00 bits per heavy atom. The largest absolute Gasteiger partial charge is 0.497 e. The van der Waals surface area contributed by atoms with E-state index in [-0.39, 0.29) is 11.2 Å². The van der Waals surface area contributed by atoms with Crippen molar-refractivity contribution in [2.24, 2.45) is 5.41 Å². The Balaban J connectivity index is 2.09. The topological polar surface area (TPSA) is 52.6 Å². The van der Waals surface area contributed by atoms with E-state index in [0.717, 1.165) is 12.8 Å². The number of carbonyl (C=O) groups excluding carboxylic acids is 2. The molecule has 1 heterocycles. The van der Waals surface area contributed by atoms with Crippen LogP contribution in [0.3, 0.4) is 0 Å². The lowest BCUT2D eigenvalue weighted by atomic mass is 9.84. The highest BCUT2D eigenvalue weighted by Gasteiger charge is 2.47. The van der Waals surface area contributed by atoms with E-state index in [1.54, 1.807) is 0 Å². The summed E-state index contributed by atoms with van der Waals surface area (Å²) in [6.07, 6.45) is 4.36. The molecule has 1 aliphatic heterocycles. The third-order valence-electron chi connectivity index (χ3n) is 3.18. The van der Waals surface area contributed by atoms with Crippen LogP contribution < -0.4 is 0 Å². The number of methoxy groups -OCH3 is 1. The summed E-state index contributed by atoms with van der Waals surface area (Å²) < 4.78 is 9.88. The van der Waals surface area contributed by atoms with Crippen molar-refractivity contribution in [3.63, 3.8) is 0 Å². The standard InChI is InChI=1S/C11H14O4/c1-14-10(13)5-8-6-11(7-15-8)4-2-3-9(11)12/h5H,2-4,6-7H2,1H3/b8-5-. The molecule has 1 saturated heterocycles. The Morgan fingerprint density at radius 2 is 2.40 bits per heavy atom. The quantitative estimate of drug-likeness (QED) is 0.482. The fourth-order valence-electron chi connectivity index (χ4n) is 2.28. The smallest absolute Gasteiger partial charge is 0.333 e. The van der Waals surface area contributed by atoms with Crippen LogP contribution in [-0.2, 0) is 19.1 Å². The Kier molecular flexibility index (Phi) is 2.50. The van der Waals surface area contributed by atoms with E-state index in [4.69, 9.17) is 4.74 Å². The van der Waals surface area contributed by atoms with Gasteiger partial charge in [-0.2, -0.15) is 0 Å². The molecule has 4 heteroatoms. The third kappa shape index (κ3) is 1.76. The summed E-state index contributed by atoms with van der Waals surface area (Å²) in [6, 6.07) is 0. The lowest BCUT2D eigenvalue weighted by Crippen LogP contribution is -2.25. The average Bonchev–Trinajstić information content (AvgIpc) is 2.77. The number of Topliss-reactive ketones (excluding diaryl/α,β-unsaturated/α-hetero) is 1. The highest BCUT2D eigenvalue weighted by atomic mass is 16.5. The molecule has 0 amide bonds. The van der Waals surface area contributed by atoms with Crippen molar-refractivity contribution in [3.8, 4) is 0 Å². The molecule has 1 aliphatic carbocycles. The van der Waals surface area contributed by atoms with E-state index >= 15 is 0 Å². The molecule has 0 aromatic heterocycles. The Labute approximate surface area is 88.2 Å². The van der Waals surface area contributed by atoms with Crippen molar-refractivity contribution in [2.75, 3.05) is 13.7 Å². The molecule has 2 aliphatic rings. The van der Waals surface area contributed by atoms with Crippen LogP contribution in [0.4, 0.5) is 0 Å². The number of ether oxygens (including phenoxy) is 2. The summed E-state index contributed by atoms with van der Waals surface area (Å²) in [6.45, 7) is 0.425. The number of ketones is 1. The second kappa shape index (κ2) is 3.68. The third-order valence-corrected chi connectivity index (χ3v) is 3.18. The van der Waals surface area contributed by atoms with Gasteiger partial charge in [0.2, 0.25) is 0 Å². The van der Waals surface area contributed by atoms with Crippen LogP contribution in [0, 0.1) is 5.41 Å². The predicted molar refractivity (Wildman–Crippen MR) is 52.0 cm³/mol. The molecule has 1 spiro atoms. The number of allylic oxidation sites excluding steroid dienone is 1. The number of hydrogen-bond donors (Lipinski definition) is 0. The Bertz CT molecular complexity index is 331. The minimum absolute atomic E-state index is 0.274. The molecule has 4 nitrogen and oxygen atoms in total. The molecule has 0 aromatic rings. The van der Waals surface area contributed by atoms with Crippen LogP contribution >= 0.6 is 0 Å². The first-order valence-corrected chi connectivity index (χ1v) is 5.11. The summed E-state index contributed by atoms with van der Waals surface area (Å²) in [7, 11) is 1.32. The fraction of sp³-hybridized carbons (Fsp3) is 0.636. The molecule has 0 aromatic carbocycles. The van der Waals surface area contributed by atoms with Gasteiger partial charge in [-0.05, 0) is 12.8 Å². The summed E-state index contributed by atoms with van der Waals surface area (Å²) in [4.78, 5) is 22.7. The number of carbonyl (C=O) groups is 2. The zero-order valence-corrected chi connectivity index (χ0v) is 8.75. The van der Waals surface area contributed by atoms with E-state index in [1.807, 2.05) is 0 Å². The highest BCUT2D eigenvalue weighted by molar-refractivity contribution is 5.88. The minimum Gasteiger partial charge on any atom is -0.497 e. The lowest BCUT2D eigenvalue weighted by Gasteiger charge is -2.15. The summed E-state index contributed by atoms with van der Waals surface area (Å²) in [5, 5.41) is 0. The molecule has 1 saturated carbocycles. The van der Waals surface area contributed by atoms with Gasteiger partial charge in [0, 0.05) is 12.8 Å². The second-order valence-electron chi connectivity index (χ2n) is 4.16. The normalized spacial score (nSPS) is 32.3. The van der Waals surface area contributed by atoms with Crippen molar-refractivity contribution >= 4 is 11.8 Å². The van der Waals surface area contributed by atoms with Crippen LogP contribution in [0.5, 0.6) is 0 Å². The van der Waals surface area contributed by atoms with Crippen LogP contribution in [0.25, 0.3) is 0 Å². The highest BCUT2D eigenvalue weighted by Crippen LogP contribution is 2.45. The molecule has 0 radical (unpaired) electrons. The van der Waals surface area contributed by atoms with E-state index in [9.17, 15) is 9.59 Å².